The van der Waals surface area contributed by atoms with E-state index in [0.29, 0.717) is 70.5 Å². The van der Waals surface area contributed by atoms with Crippen LogP contribution in [0.3, 0.4) is 0 Å². The number of rotatable bonds is 12. The van der Waals surface area contributed by atoms with E-state index in [2.05, 4.69) is 15.2 Å². The number of ether oxygens (including phenoxy) is 2. The molecule has 5 rings (SSSR count). The van der Waals surface area contributed by atoms with Gasteiger partial charge in [-0.25, -0.2) is 14.8 Å². The zero-order chi connectivity index (χ0) is 32.8. The van der Waals surface area contributed by atoms with Crippen molar-refractivity contribution in [3.8, 4) is 11.4 Å². The second kappa shape index (κ2) is 14.9. The zero-order valence-electron chi connectivity index (χ0n) is 27.3. The van der Waals surface area contributed by atoms with Crippen molar-refractivity contribution < 1.29 is 28.7 Å². The third kappa shape index (κ3) is 7.76. The summed E-state index contributed by atoms with van der Waals surface area (Å²) in [5.41, 5.74) is 0.945. The molecule has 2 aromatic rings. The van der Waals surface area contributed by atoms with Gasteiger partial charge in [0, 0.05) is 50.9 Å². The Morgan fingerprint density at radius 2 is 1.61 bits per heavy atom. The van der Waals surface area contributed by atoms with Gasteiger partial charge in [0.15, 0.2) is 5.82 Å². The number of esters is 1. The molecule has 1 aromatic heterocycles. The van der Waals surface area contributed by atoms with Crippen molar-refractivity contribution in [1.82, 2.24) is 25.1 Å². The minimum Gasteiger partial charge on any atom is -0.466 e. The SMILES string of the molecule is CCCCOC(=O)N1CCN(C(=O)[C@H](CC(C)C)NC(=O)c2cc(N3C[C@@H]4C(C(=O)OCC)[C@@H]4C3)nc(-c3ccccc3)n2)CC1. The summed E-state index contributed by atoms with van der Waals surface area (Å²) in [5.74, 6) is 0.742. The number of anilines is 1. The number of piperidine rings is 1. The van der Waals surface area contributed by atoms with Crippen molar-refractivity contribution >= 4 is 29.7 Å². The fourth-order valence-corrected chi connectivity index (χ4v) is 6.38. The quantitative estimate of drug-likeness (QED) is 0.275. The van der Waals surface area contributed by atoms with E-state index in [1.54, 1.807) is 15.9 Å². The highest BCUT2D eigenvalue weighted by Gasteiger charge is 2.60. The normalized spacial score (nSPS) is 21.1. The van der Waals surface area contributed by atoms with E-state index >= 15 is 0 Å². The average molecular weight is 635 g/mol. The van der Waals surface area contributed by atoms with Gasteiger partial charge in [-0.05, 0) is 37.5 Å². The molecule has 3 aliphatic rings. The number of nitrogens with zero attached hydrogens (tertiary/aromatic N) is 5. The molecule has 0 radical (unpaired) electrons. The van der Waals surface area contributed by atoms with Crippen LogP contribution in [0.2, 0.25) is 0 Å². The summed E-state index contributed by atoms with van der Waals surface area (Å²) in [4.78, 5) is 67.1. The van der Waals surface area contributed by atoms with Gasteiger partial charge < -0.3 is 29.5 Å². The maximum Gasteiger partial charge on any atom is 0.409 e. The Hall–Kier alpha value is -4.22. The molecule has 0 bridgehead atoms. The van der Waals surface area contributed by atoms with Gasteiger partial charge in [0.2, 0.25) is 5.91 Å². The van der Waals surface area contributed by atoms with Crippen molar-refractivity contribution in [3.05, 3.63) is 42.1 Å². The number of hydrogen-bond acceptors (Lipinski definition) is 9. The third-order valence-corrected chi connectivity index (χ3v) is 8.94. The number of piperazine rings is 1. The molecule has 0 spiro atoms. The summed E-state index contributed by atoms with van der Waals surface area (Å²) in [6.07, 6.45) is 1.86. The van der Waals surface area contributed by atoms with Crippen molar-refractivity contribution in [1.29, 1.82) is 0 Å². The molecule has 3 fully saturated rings. The maximum atomic E-state index is 13.8. The Balaban J connectivity index is 1.29. The number of amides is 3. The number of unbranched alkanes of at least 4 members (excludes halogenated alkanes) is 1. The van der Waals surface area contributed by atoms with E-state index < -0.39 is 11.9 Å². The second-order valence-electron chi connectivity index (χ2n) is 12.7. The molecule has 4 atom stereocenters. The van der Waals surface area contributed by atoms with Crippen LogP contribution in [0.4, 0.5) is 10.6 Å². The first kappa shape index (κ1) is 33.2. The van der Waals surface area contributed by atoms with Gasteiger partial charge >= 0.3 is 12.1 Å². The standard InChI is InChI=1S/C34H46N6O6/c1-5-7-17-46-34(44)39-15-13-38(14-16-39)32(42)27(18-22(3)4)36-31(41)26-19-28(37-30(35-26)23-11-9-8-10-12-23)40-20-24-25(21-40)29(24)33(43)45-6-2/h8-12,19,22,24-25,27,29H,5-7,13-18,20-21H2,1-4H3,(H,36,41)/t24-,25+,27-,29?/m0/s1. The molecule has 2 saturated heterocycles. The summed E-state index contributed by atoms with van der Waals surface area (Å²) in [6.45, 7) is 11.4. The lowest BCUT2D eigenvalue weighted by atomic mass is 10.0. The van der Waals surface area contributed by atoms with Crippen molar-refractivity contribution in [3.63, 3.8) is 0 Å². The Labute approximate surface area is 270 Å². The van der Waals surface area contributed by atoms with Crippen LogP contribution in [-0.4, -0.2) is 102 Å². The highest BCUT2D eigenvalue weighted by Crippen LogP contribution is 2.53. The molecular formula is C34H46N6O6. The van der Waals surface area contributed by atoms with Gasteiger partial charge in [-0.3, -0.25) is 14.4 Å². The molecule has 248 valence electrons. The average Bonchev–Trinajstić information content (AvgIpc) is 3.57. The third-order valence-electron chi connectivity index (χ3n) is 8.94. The summed E-state index contributed by atoms with van der Waals surface area (Å²) >= 11 is 0. The smallest absolute Gasteiger partial charge is 0.409 e. The number of carbonyl (C=O) groups excluding carboxylic acids is 4. The highest BCUT2D eigenvalue weighted by atomic mass is 16.6. The first-order chi connectivity index (χ1) is 22.2. The van der Waals surface area contributed by atoms with E-state index in [1.807, 2.05) is 58.0 Å². The molecule has 1 saturated carbocycles. The Morgan fingerprint density at radius 1 is 0.935 bits per heavy atom. The van der Waals surface area contributed by atoms with Gasteiger partial charge in [0.25, 0.3) is 5.91 Å². The van der Waals surface area contributed by atoms with Gasteiger partial charge in [-0.2, -0.15) is 0 Å². The van der Waals surface area contributed by atoms with Crippen LogP contribution in [0.5, 0.6) is 0 Å². The monoisotopic (exact) mass is 634 g/mol. The van der Waals surface area contributed by atoms with E-state index in [4.69, 9.17) is 14.5 Å². The molecule has 1 unspecified atom stereocenters. The van der Waals surface area contributed by atoms with Gasteiger partial charge in [-0.15, -0.1) is 0 Å². The summed E-state index contributed by atoms with van der Waals surface area (Å²) in [6, 6.07) is 10.4. The predicted octanol–water partition coefficient (Wildman–Crippen LogP) is 3.61. The van der Waals surface area contributed by atoms with Crippen LogP contribution >= 0.6 is 0 Å². The van der Waals surface area contributed by atoms with Crippen molar-refractivity contribution in [2.45, 2.75) is 53.0 Å². The van der Waals surface area contributed by atoms with Crippen LogP contribution in [-0.2, 0) is 19.1 Å². The molecular weight excluding hydrogens is 588 g/mol. The van der Waals surface area contributed by atoms with Gasteiger partial charge in [-0.1, -0.05) is 57.5 Å². The van der Waals surface area contributed by atoms with E-state index in [1.165, 1.54) is 0 Å². The molecule has 1 aliphatic carbocycles. The largest absolute Gasteiger partial charge is 0.466 e. The maximum absolute atomic E-state index is 13.8. The molecule has 46 heavy (non-hydrogen) atoms. The Kier molecular flexibility index (Phi) is 10.7. The minimum atomic E-state index is -0.751. The van der Waals surface area contributed by atoms with Crippen LogP contribution in [0, 0.1) is 23.7 Å². The fraction of sp³-hybridized carbons (Fsp3) is 0.588. The molecule has 3 amide bonds. The van der Waals surface area contributed by atoms with Gasteiger partial charge in [0.1, 0.15) is 17.6 Å². The van der Waals surface area contributed by atoms with E-state index in [-0.39, 0.29) is 47.3 Å². The number of nitrogens with one attached hydrogen (secondary N) is 1. The van der Waals surface area contributed by atoms with Crippen LogP contribution in [0.1, 0.15) is 57.4 Å². The lowest BCUT2D eigenvalue weighted by molar-refractivity contribution is -0.145. The molecule has 1 N–H and O–H groups in total. The summed E-state index contributed by atoms with van der Waals surface area (Å²) in [7, 11) is 0. The molecule has 1 aromatic carbocycles. The highest BCUT2D eigenvalue weighted by molar-refractivity contribution is 5.97. The lowest BCUT2D eigenvalue weighted by Crippen LogP contribution is -2.56. The number of benzene rings is 1. The number of carbonyl (C=O) groups is 4. The lowest BCUT2D eigenvalue weighted by Gasteiger charge is -2.36. The predicted molar refractivity (Wildman–Crippen MR) is 172 cm³/mol. The molecule has 3 heterocycles. The van der Waals surface area contributed by atoms with Crippen molar-refractivity contribution in [2.75, 3.05) is 57.4 Å². The second-order valence-corrected chi connectivity index (χ2v) is 12.7. The topological polar surface area (TPSA) is 134 Å². The van der Waals surface area contributed by atoms with Crippen LogP contribution < -0.4 is 10.2 Å². The van der Waals surface area contributed by atoms with Gasteiger partial charge in [0.05, 0.1) is 19.1 Å². The number of hydrogen-bond donors (Lipinski definition) is 1. The van der Waals surface area contributed by atoms with E-state index in [0.717, 1.165) is 18.4 Å². The minimum absolute atomic E-state index is 0.0780. The van der Waals surface area contributed by atoms with Crippen molar-refractivity contribution in [2.24, 2.45) is 23.7 Å². The zero-order valence-corrected chi connectivity index (χ0v) is 27.3. The Bertz CT molecular complexity index is 1380. The molecule has 2 aliphatic heterocycles. The number of fused-ring (bicyclic) bond motifs is 1. The first-order valence-corrected chi connectivity index (χ1v) is 16.6. The first-order valence-electron chi connectivity index (χ1n) is 16.6. The fourth-order valence-electron chi connectivity index (χ4n) is 6.38. The van der Waals surface area contributed by atoms with E-state index in [9.17, 15) is 19.2 Å². The van der Waals surface area contributed by atoms with Crippen LogP contribution in [0.25, 0.3) is 11.4 Å². The molecule has 12 nitrogen and oxygen atoms in total. The number of aromatic nitrogens is 2. The Morgan fingerprint density at radius 3 is 2.24 bits per heavy atom. The van der Waals surface area contributed by atoms with Crippen LogP contribution in [0.15, 0.2) is 36.4 Å². The summed E-state index contributed by atoms with van der Waals surface area (Å²) < 4.78 is 10.6. The molecule has 12 heteroatoms. The summed E-state index contributed by atoms with van der Waals surface area (Å²) in [5, 5.41) is 2.97.